The van der Waals surface area contributed by atoms with Crippen LogP contribution in [-0.2, 0) is 17.1 Å². The smallest absolute Gasteiger partial charge is 0.311 e. The van der Waals surface area contributed by atoms with Crippen LogP contribution in [0.25, 0.3) is 0 Å². The van der Waals surface area contributed by atoms with Crippen LogP contribution in [0.4, 0.5) is 8.22 Å². The molecule has 0 unspecified atom stereocenters. The van der Waals surface area contributed by atoms with Crippen molar-refractivity contribution in [1.29, 1.82) is 0 Å². The van der Waals surface area contributed by atoms with Crippen LogP contribution in [0.5, 0.6) is 0 Å². The predicted octanol–water partition coefficient (Wildman–Crippen LogP) is 3.73. The van der Waals surface area contributed by atoms with Crippen molar-refractivity contribution in [3.8, 4) is 0 Å². The molecule has 0 N–H and O–H groups in total. The molecule has 21 heavy (non-hydrogen) atoms. The van der Waals surface area contributed by atoms with E-state index in [0.29, 0.717) is 0 Å². The van der Waals surface area contributed by atoms with Crippen LogP contribution in [0.3, 0.4) is 0 Å². The van der Waals surface area contributed by atoms with Crippen LogP contribution in [-0.4, -0.2) is 16.8 Å². The SMILES string of the molecule is C[Si](C)(F)c1[c-]cccc1.C[Si](C)(F)c1[c-]cccc1.[Cu+2]. The Labute approximate surface area is 139 Å². The van der Waals surface area contributed by atoms with Gasteiger partial charge in [-0.2, -0.15) is 60.7 Å². The van der Waals surface area contributed by atoms with Gasteiger partial charge in [0.05, 0.1) is 0 Å². The summed E-state index contributed by atoms with van der Waals surface area (Å²) in [6.07, 6.45) is 0. The fourth-order valence-electron chi connectivity index (χ4n) is 1.53. The molecule has 0 aliphatic carbocycles. The van der Waals surface area contributed by atoms with E-state index in [0.717, 1.165) is 10.4 Å². The second kappa shape index (κ2) is 8.64. The maximum absolute atomic E-state index is 13.2. The Bertz CT molecular complexity index is 456. The van der Waals surface area contributed by atoms with Crippen molar-refractivity contribution in [3.63, 3.8) is 0 Å². The van der Waals surface area contributed by atoms with E-state index in [1.165, 1.54) is 0 Å². The zero-order valence-electron chi connectivity index (χ0n) is 12.7. The topological polar surface area (TPSA) is 0 Å². The van der Waals surface area contributed by atoms with Crippen LogP contribution in [0.2, 0.25) is 26.2 Å². The van der Waals surface area contributed by atoms with Crippen LogP contribution in [0, 0.1) is 12.1 Å². The van der Waals surface area contributed by atoms with Gasteiger partial charge in [-0.15, -0.1) is 10.4 Å². The second-order valence-electron chi connectivity index (χ2n) is 5.50. The fourth-order valence-corrected chi connectivity index (χ4v) is 3.36. The first-order valence-corrected chi connectivity index (χ1v) is 12.3. The molecule has 117 valence electrons. The molecule has 0 bridgehead atoms. The average Bonchev–Trinajstić information content (AvgIpc) is 2.40. The molecule has 0 heterocycles. The maximum atomic E-state index is 13.2. The number of hydrogen-bond donors (Lipinski definition) is 0. The van der Waals surface area contributed by atoms with Gasteiger partial charge in [0, 0.05) is 0 Å². The number of halogens is 2. The molecule has 0 saturated heterocycles. The van der Waals surface area contributed by atoms with Gasteiger partial charge in [-0.05, 0) is 26.2 Å². The molecule has 2 aromatic rings. The Morgan fingerprint density at radius 3 is 1.19 bits per heavy atom. The molecule has 0 saturated carbocycles. The molecule has 0 spiro atoms. The molecule has 1 radical (unpaired) electrons. The predicted molar refractivity (Wildman–Crippen MR) is 87.0 cm³/mol. The van der Waals surface area contributed by atoms with Gasteiger partial charge in [0.25, 0.3) is 0 Å². The zero-order chi connectivity index (χ0) is 15.2. The van der Waals surface area contributed by atoms with Crippen LogP contribution >= 0.6 is 0 Å². The van der Waals surface area contributed by atoms with Crippen LogP contribution in [0.15, 0.2) is 48.5 Å². The van der Waals surface area contributed by atoms with Crippen LogP contribution in [0.1, 0.15) is 0 Å². The summed E-state index contributed by atoms with van der Waals surface area (Å²) in [4.78, 5) is 0. The normalized spacial score (nSPS) is 11.0. The van der Waals surface area contributed by atoms with E-state index in [1.807, 2.05) is 24.3 Å². The molecule has 0 atom stereocenters. The van der Waals surface area contributed by atoms with Crippen molar-refractivity contribution in [2.45, 2.75) is 26.2 Å². The summed E-state index contributed by atoms with van der Waals surface area (Å²) in [5.41, 5.74) is 0. The third-order valence-electron chi connectivity index (χ3n) is 2.70. The summed E-state index contributed by atoms with van der Waals surface area (Å²) in [5, 5.41) is 1.49. The van der Waals surface area contributed by atoms with E-state index in [1.54, 1.807) is 50.5 Å². The molecule has 0 amide bonds. The summed E-state index contributed by atoms with van der Waals surface area (Å²) in [5.74, 6) is 0. The van der Waals surface area contributed by atoms with Gasteiger partial charge in [-0.1, -0.05) is 0 Å². The van der Waals surface area contributed by atoms with Crippen LogP contribution < -0.4 is 10.4 Å². The summed E-state index contributed by atoms with van der Waals surface area (Å²) >= 11 is 0. The Hall–Kier alpha value is -0.747. The fraction of sp³-hybridized carbons (Fsp3) is 0.250. The molecule has 5 heteroatoms. The van der Waals surface area contributed by atoms with Crippen molar-refractivity contribution < 1.29 is 25.3 Å². The summed E-state index contributed by atoms with van der Waals surface area (Å²) < 4.78 is 26.5. The van der Waals surface area contributed by atoms with E-state index in [9.17, 15) is 8.22 Å². The van der Waals surface area contributed by atoms with E-state index < -0.39 is 16.8 Å². The Morgan fingerprint density at radius 1 is 0.714 bits per heavy atom. The number of benzene rings is 2. The average molecular weight is 370 g/mol. The number of hydrogen-bond acceptors (Lipinski definition) is 0. The minimum atomic E-state index is -2.59. The minimum absolute atomic E-state index is 0. The quantitative estimate of drug-likeness (QED) is 0.430. The first kappa shape index (κ1) is 20.3. The van der Waals surface area contributed by atoms with Gasteiger partial charge in [0.2, 0.25) is 16.8 Å². The van der Waals surface area contributed by atoms with E-state index >= 15 is 0 Å². The zero-order valence-corrected chi connectivity index (χ0v) is 15.6. The first-order valence-electron chi connectivity index (χ1n) is 6.53. The third kappa shape index (κ3) is 7.72. The molecule has 0 fully saturated rings. The first-order chi connectivity index (χ1) is 9.21. The summed E-state index contributed by atoms with van der Waals surface area (Å²) in [6.45, 7) is 6.66. The molecule has 0 aromatic heterocycles. The van der Waals surface area contributed by atoms with Crippen molar-refractivity contribution >= 4 is 27.2 Å². The van der Waals surface area contributed by atoms with Gasteiger partial charge in [0.1, 0.15) is 0 Å². The van der Waals surface area contributed by atoms with Crippen molar-refractivity contribution in [2.24, 2.45) is 0 Å². The van der Waals surface area contributed by atoms with E-state index in [4.69, 9.17) is 0 Å². The van der Waals surface area contributed by atoms with Crippen molar-refractivity contribution in [1.82, 2.24) is 0 Å². The standard InChI is InChI=1S/2C8H10FSi.Cu/c2*1-10(2,9)8-6-4-3-5-7-8;/h2*3-6H,1-2H3;/q2*-1;+2. The Morgan fingerprint density at radius 2 is 1.05 bits per heavy atom. The van der Waals surface area contributed by atoms with Gasteiger partial charge >= 0.3 is 17.1 Å². The van der Waals surface area contributed by atoms with E-state index in [2.05, 4.69) is 12.1 Å². The monoisotopic (exact) mass is 369 g/mol. The summed E-state index contributed by atoms with van der Waals surface area (Å²) in [6, 6.07) is 20.3. The van der Waals surface area contributed by atoms with E-state index in [-0.39, 0.29) is 17.1 Å². The molecule has 0 nitrogen and oxygen atoms in total. The molecular weight excluding hydrogens is 350 g/mol. The second-order valence-corrected chi connectivity index (χ2v) is 12.5. The third-order valence-corrected chi connectivity index (χ3v) is 5.88. The Kier molecular flexibility index (Phi) is 8.33. The summed E-state index contributed by atoms with van der Waals surface area (Å²) in [7, 11) is -5.18. The molecule has 0 aliphatic rings. The molecule has 2 rings (SSSR count). The van der Waals surface area contributed by atoms with Crippen molar-refractivity contribution in [3.05, 3.63) is 60.7 Å². The minimum Gasteiger partial charge on any atom is -0.311 e. The molecular formula is C16H20CuF2Si2. The van der Waals surface area contributed by atoms with Gasteiger partial charge in [0.15, 0.2) is 0 Å². The van der Waals surface area contributed by atoms with Gasteiger partial charge in [-0.3, -0.25) is 0 Å². The molecule has 0 aliphatic heterocycles. The van der Waals surface area contributed by atoms with Gasteiger partial charge < -0.3 is 8.22 Å². The molecule has 2 aromatic carbocycles. The Balaban J connectivity index is 0.000000364. The van der Waals surface area contributed by atoms with Gasteiger partial charge in [-0.25, -0.2) is 0 Å². The number of rotatable bonds is 2. The maximum Gasteiger partial charge on any atom is 2.00 e. The van der Waals surface area contributed by atoms with Crippen molar-refractivity contribution in [2.75, 3.05) is 0 Å². The largest absolute Gasteiger partial charge is 2.00 e.